The molecular formula is C6H20N2O2S. The maximum absolute atomic E-state index is 10.3. The van der Waals surface area contributed by atoms with Gasteiger partial charge in [0.1, 0.15) is 0 Å². The third-order valence-electron chi connectivity index (χ3n) is 0.663. The lowest BCUT2D eigenvalue weighted by molar-refractivity contribution is 0.527. The standard InChI is InChI=1S/C3H9NO2S.C2H7N.CH4/c1-4(2)7(3,5)6;1-3-2;/h1-3H3;3H,1-2H3;1H4. The van der Waals surface area contributed by atoms with E-state index in [9.17, 15) is 8.42 Å². The molecule has 0 saturated heterocycles. The number of nitrogens with zero attached hydrogens (tertiary/aromatic N) is 1. The number of rotatable bonds is 1. The minimum atomic E-state index is -2.91. The Labute approximate surface area is 70.6 Å². The van der Waals surface area contributed by atoms with E-state index in [0.29, 0.717) is 0 Å². The van der Waals surface area contributed by atoms with Gasteiger partial charge in [0, 0.05) is 14.1 Å². The van der Waals surface area contributed by atoms with Crippen molar-refractivity contribution in [2.24, 2.45) is 0 Å². The van der Waals surface area contributed by atoms with Gasteiger partial charge in [0.05, 0.1) is 6.26 Å². The van der Waals surface area contributed by atoms with Crippen LogP contribution in [-0.4, -0.2) is 47.2 Å². The van der Waals surface area contributed by atoms with Crippen molar-refractivity contribution in [1.82, 2.24) is 9.62 Å². The molecule has 0 aliphatic carbocycles. The van der Waals surface area contributed by atoms with E-state index in [-0.39, 0.29) is 7.43 Å². The van der Waals surface area contributed by atoms with Crippen LogP contribution in [0.1, 0.15) is 7.43 Å². The van der Waals surface area contributed by atoms with Gasteiger partial charge in [-0.1, -0.05) is 7.43 Å². The fourth-order valence-electron chi connectivity index (χ4n) is 0. The van der Waals surface area contributed by atoms with E-state index in [1.165, 1.54) is 14.1 Å². The molecule has 72 valence electrons. The number of hydrogen-bond acceptors (Lipinski definition) is 3. The van der Waals surface area contributed by atoms with E-state index >= 15 is 0 Å². The molecule has 0 bridgehead atoms. The minimum absolute atomic E-state index is 0. The van der Waals surface area contributed by atoms with E-state index in [0.717, 1.165) is 10.6 Å². The van der Waals surface area contributed by atoms with E-state index in [1.807, 2.05) is 14.1 Å². The van der Waals surface area contributed by atoms with Gasteiger partial charge >= 0.3 is 0 Å². The summed E-state index contributed by atoms with van der Waals surface area (Å²) >= 11 is 0. The predicted octanol–water partition coefficient (Wildman–Crippen LogP) is -0.0207. The highest BCUT2D eigenvalue weighted by molar-refractivity contribution is 7.88. The summed E-state index contributed by atoms with van der Waals surface area (Å²) in [6.07, 6.45) is 1.16. The highest BCUT2D eigenvalue weighted by atomic mass is 32.2. The summed E-state index contributed by atoms with van der Waals surface area (Å²) < 4.78 is 21.7. The Morgan fingerprint density at radius 2 is 1.27 bits per heavy atom. The van der Waals surface area contributed by atoms with Crippen LogP contribution in [0.5, 0.6) is 0 Å². The molecule has 0 amide bonds. The molecular weight excluding hydrogens is 164 g/mol. The largest absolute Gasteiger partial charge is 0.323 e. The SMILES string of the molecule is C.CN(C)S(C)(=O)=O.CNC. The molecule has 0 aliphatic heterocycles. The fourth-order valence-corrected chi connectivity index (χ4v) is 0. The second kappa shape index (κ2) is 7.97. The second-order valence-corrected chi connectivity index (χ2v) is 4.24. The van der Waals surface area contributed by atoms with E-state index < -0.39 is 10.0 Å². The van der Waals surface area contributed by atoms with Crippen molar-refractivity contribution in [3.8, 4) is 0 Å². The molecule has 11 heavy (non-hydrogen) atoms. The quantitative estimate of drug-likeness (QED) is 0.623. The molecule has 0 radical (unpaired) electrons. The van der Waals surface area contributed by atoms with Gasteiger partial charge in [-0.25, -0.2) is 12.7 Å². The predicted molar refractivity (Wildman–Crippen MR) is 50.2 cm³/mol. The summed E-state index contributed by atoms with van der Waals surface area (Å²) in [6.45, 7) is 0. The highest BCUT2D eigenvalue weighted by Crippen LogP contribution is 1.82. The molecule has 0 saturated carbocycles. The summed E-state index contributed by atoms with van der Waals surface area (Å²) in [5.74, 6) is 0. The first-order valence-corrected chi connectivity index (χ1v) is 4.67. The second-order valence-electron chi connectivity index (χ2n) is 2.05. The molecule has 0 heterocycles. The summed E-state index contributed by atoms with van der Waals surface area (Å²) in [5.41, 5.74) is 0. The normalized spacial score (nSPS) is 9.64. The van der Waals surface area contributed by atoms with Crippen LogP contribution in [0.4, 0.5) is 0 Å². The molecule has 4 nitrogen and oxygen atoms in total. The van der Waals surface area contributed by atoms with Gasteiger partial charge in [0.2, 0.25) is 10.0 Å². The van der Waals surface area contributed by atoms with E-state index in [1.54, 1.807) is 0 Å². The molecule has 5 heteroatoms. The lowest BCUT2D eigenvalue weighted by Crippen LogP contribution is -2.19. The highest BCUT2D eigenvalue weighted by Gasteiger charge is 2.00. The Morgan fingerprint density at radius 1 is 1.18 bits per heavy atom. The van der Waals surface area contributed by atoms with Crippen molar-refractivity contribution in [2.45, 2.75) is 7.43 Å². The maximum Gasteiger partial charge on any atom is 0.210 e. The summed E-state index contributed by atoms with van der Waals surface area (Å²) in [5, 5.41) is 2.75. The first-order valence-electron chi connectivity index (χ1n) is 2.82. The van der Waals surface area contributed by atoms with Crippen LogP contribution < -0.4 is 5.32 Å². The smallest absolute Gasteiger partial charge is 0.210 e. The van der Waals surface area contributed by atoms with Gasteiger partial charge in [-0.15, -0.1) is 0 Å². The molecule has 0 aromatic heterocycles. The molecule has 1 N–H and O–H groups in total. The third kappa shape index (κ3) is 17.7. The van der Waals surface area contributed by atoms with Gasteiger partial charge in [0.25, 0.3) is 0 Å². The lowest BCUT2D eigenvalue weighted by Gasteiger charge is -2.02. The molecule has 0 fully saturated rings. The Kier molecular flexibility index (Phi) is 12.4. The van der Waals surface area contributed by atoms with Crippen molar-refractivity contribution in [3.63, 3.8) is 0 Å². The monoisotopic (exact) mass is 184 g/mol. The maximum atomic E-state index is 10.3. The van der Waals surface area contributed by atoms with Crippen molar-refractivity contribution in [2.75, 3.05) is 34.4 Å². The Hall–Kier alpha value is -0.130. The van der Waals surface area contributed by atoms with E-state index in [4.69, 9.17) is 0 Å². The average Bonchev–Trinajstić information content (AvgIpc) is 1.64. The molecule has 0 aromatic carbocycles. The van der Waals surface area contributed by atoms with Crippen LogP contribution in [0.3, 0.4) is 0 Å². The number of hydrogen-bond donors (Lipinski definition) is 1. The average molecular weight is 184 g/mol. The molecule has 0 rings (SSSR count). The first kappa shape index (κ1) is 17.1. The van der Waals surface area contributed by atoms with Crippen molar-refractivity contribution < 1.29 is 8.42 Å². The molecule has 0 spiro atoms. The minimum Gasteiger partial charge on any atom is -0.323 e. The number of sulfonamides is 1. The summed E-state index contributed by atoms with van der Waals surface area (Å²) in [6, 6.07) is 0. The number of nitrogens with one attached hydrogen (secondary N) is 1. The lowest BCUT2D eigenvalue weighted by atomic mass is 11.3. The van der Waals surface area contributed by atoms with Crippen molar-refractivity contribution in [3.05, 3.63) is 0 Å². The van der Waals surface area contributed by atoms with Crippen LogP contribution in [0.2, 0.25) is 0 Å². The molecule has 0 aliphatic rings. The van der Waals surface area contributed by atoms with Crippen LogP contribution in [0.15, 0.2) is 0 Å². The molecule has 0 aromatic rings. The van der Waals surface area contributed by atoms with Crippen molar-refractivity contribution >= 4 is 10.0 Å². The topological polar surface area (TPSA) is 49.4 Å². The first-order chi connectivity index (χ1) is 4.36. The van der Waals surface area contributed by atoms with Gasteiger partial charge < -0.3 is 5.32 Å². The van der Waals surface area contributed by atoms with E-state index in [2.05, 4.69) is 5.32 Å². The van der Waals surface area contributed by atoms with Gasteiger partial charge in [-0.2, -0.15) is 0 Å². The molecule has 0 atom stereocenters. The zero-order chi connectivity index (χ0) is 8.78. The van der Waals surface area contributed by atoms with Crippen molar-refractivity contribution in [1.29, 1.82) is 0 Å². The Balaban J connectivity index is -0.000000140. The van der Waals surface area contributed by atoms with Gasteiger partial charge in [0.15, 0.2) is 0 Å². The Bertz CT molecular complexity index is 152. The molecule has 0 unspecified atom stereocenters. The fraction of sp³-hybridized carbons (Fsp3) is 1.00. The summed E-state index contributed by atoms with van der Waals surface area (Å²) in [7, 11) is 3.83. The zero-order valence-corrected chi connectivity index (χ0v) is 7.99. The zero-order valence-electron chi connectivity index (χ0n) is 7.17. The van der Waals surface area contributed by atoms with Crippen LogP contribution in [0.25, 0.3) is 0 Å². The van der Waals surface area contributed by atoms with Crippen LogP contribution in [-0.2, 0) is 10.0 Å². The Morgan fingerprint density at radius 3 is 1.27 bits per heavy atom. The van der Waals surface area contributed by atoms with Gasteiger partial charge in [-0.3, -0.25) is 0 Å². The van der Waals surface area contributed by atoms with Crippen LogP contribution in [0, 0.1) is 0 Å². The van der Waals surface area contributed by atoms with Crippen LogP contribution >= 0.6 is 0 Å². The van der Waals surface area contributed by atoms with Gasteiger partial charge in [-0.05, 0) is 14.1 Å². The third-order valence-corrected chi connectivity index (χ3v) is 1.99. The summed E-state index contributed by atoms with van der Waals surface area (Å²) in [4.78, 5) is 0.